The lowest BCUT2D eigenvalue weighted by Gasteiger charge is -2.22. The Morgan fingerprint density at radius 1 is 0.704 bits per heavy atom. The van der Waals surface area contributed by atoms with Crippen molar-refractivity contribution in [2.75, 3.05) is 5.32 Å². The van der Waals surface area contributed by atoms with Gasteiger partial charge in [-0.15, -0.1) is 0 Å². The predicted octanol–water partition coefficient (Wildman–Crippen LogP) is 7.33. The van der Waals surface area contributed by atoms with E-state index in [1.54, 1.807) is 48.8 Å². The molecule has 0 spiro atoms. The van der Waals surface area contributed by atoms with Crippen LogP contribution in [0.5, 0.6) is 0 Å². The molecule has 274 valence electrons. The third-order valence-electron chi connectivity index (χ3n) is 8.80. The van der Waals surface area contributed by atoms with Gasteiger partial charge in [0.25, 0.3) is 11.1 Å². The van der Waals surface area contributed by atoms with Crippen molar-refractivity contribution >= 4 is 38.8 Å². The van der Waals surface area contributed by atoms with Gasteiger partial charge in [0.2, 0.25) is 0 Å². The number of H-pyrrole nitrogens is 1. The van der Waals surface area contributed by atoms with E-state index in [1.165, 1.54) is 33.7 Å². The molecule has 0 fully saturated rings. The highest BCUT2D eigenvalue weighted by molar-refractivity contribution is 5.82. The second-order valence-corrected chi connectivity index (χ2v) is 12.1. The lowest BCUT2D eigenvalue weighted by Crippen LogP contribution is -2.28. The van der Waals surface area contributed by atoms with Gasteiger partial charge in [-0.25, -0.2) is 33.7 Å². The first-order valence-corrected chi connectivity index (χ1v) is 17.0. The van der Waals surface area contributed by atoms with Crippen LogP contribution in [0.25, 0.3) is 44.3 Å². The summed E-state index contributed by atoms with van der Waals surface area (Å²) in [4.78, 5) is 51.0. The van der Waals surface area contributed by atoms with Gasteiger partial charge in [-0.2, -0.15) is 0 Å². The van der Waals surface area contributed by atoms with Crippen LogP contribution in [0.1, 0.15) is 57.8 Å². The summed E-state index contributed by atoms with van der Waals surface area (Å²) in [6.45, 7) is 3.89. The summed E-state index contributed by atoms with van der Waals surface area (Å²) in [6, 6.07) is 26.2. The number of hydrogen-bond donors (Lipinski definition) is 3. The lowest BCUT2D eigenvalue weighted by molar-refractivity contribution is 0.614. The predicted molar refractivity (Wildman–Crippen MR) is 207 cm³/mol. The summed E-state index contributed by atoms with van der Waals surface area (Å²) in [6.07, 6.45) is 4.19. The molecule has 54 heavy (non-hydrogen) atoms. The minimum Gasteiger partial charge on any atom is -0.358 e. The molecule has 8 rings (SSSR count). The van der Waals surface area contributed by atoms with Crippen molar-refractivity contribution in [2.45, 2.75) is 46.2 Å². The van der Waals surface area contributed by atoms with Crippen LogP contribution in [0, 0.1) is 11.6 Å². The van der Waals surface area contributed by atoms with Gasteiger partial charge in [-0.05, 0) is 61.4 Å². The van der Waals surface area contributed by atoms with E-state index in [-0.39, 0.29) is 24.2 Å². The average molecular weight is 729 g/mol. The zero-order valence-electron chi connectivity index (χ0n) is 28.7. The highest BCUT2D eigenvalue weighted by Crippen LogP contribution is 2.27. The summed E-state index contributed by atoms with van der Waals surface area (Å²) in [7, 11) is 0. The monoisotopic (exact) mass is 728 g/mol. The first-order chi connectivity index (χ1) is 25.8. The minimum absolute atomic E-state index is 0. The zero-order valence-corrected chi connectivity index (χ0v) is 28.7. The van der Waals surface area contributed by atoms with Crippen molar-refractivity contribution in [3.8, 4) is 11.4 Å². The molecule has 14 heteroatoms. The molecule has 8 aromatic rings. The van der Waals surface area contributed by atoms with Crippen LogP contribution in [0.15, 0.2) is 119 Å². The smallest absolute Gasteiger partial charge is 0.269 e. The van der Waals surface area contributed by atoms with Crippen LogP contribution in [0.3, 0.4) is 0 Å². The Bertz CT molecular complexity index is 2680. The van der Waals surface area contributed by atoms with E-state index in [9.17, 15) is 18.4 Å². The molecule has 0 aliphatic carbocycles. The van der Waals surface area contributed by atoms with Crippen LogP contribution in [0.2, 0.25) is 0 Å². The number of para-hydroxylation sites is 2. The SMILES string of the molecule is C.CC[C@H](N)c1nc2cccc(F)c2c(=O)n1-c1ccccc1.CC[C@H](Nc1ncnc2nc[nH]c12)c1nc2cccc(F)c2c(=O)n1-c1ccccc1. The van der Waals surface area contributed by atoms with Gasteiger partial charge in [-0.3, -0.25) is 18.7 Å². The highest BCUT2D eigenvalue weighted by Gasteiger charge is 2.23. The number of halogens is 2. The number of aromatic nitrogens is 8. The fourth-order valence-corrected chi connectivity index (χ4v) is 6.12. The van der Waals surface area contributed by atoms with E-state index in [0.717, 1.165) is 0 Å². The number of fused-ring (bicyclic) bond motifs is 3. The summed E-state index contributed by atoms with van der Waals surface area (Å²) in [5.41, 5.74) is 8.27. The topological polar surface area (TPSA) is 162 Å². The maximum Gasteiger partial charge on any atom is 0.269 e. The Labute approximate surface area is 308 Å². The molecule has 0 aliphatic rings. The van der Waals surface area contributed by atoms with Gasteiger partial charge in [0.1, 0.15) is 45.9 Å². The van der Waals surface area contributed by atoms with Crippen molar-refractivity contribution in [3.63, 3.8) is 0 Å². The second-order valence-electron chi connectivity index (χ2n) is 12.1. The van der Waals surface area contributed by atoms with Crippen molar-refractivity contribution < 1.29 is 8.78 Å². The molecule has 4 aromatic carbocycles. The molecule has 0 unspecified atom stereocenters. The summed E-state index contributed by atoms with van der Waals surface area (Å²) in [5, 5.41) is 3.30. The Morgan fingerprint density at radius 3 is 1.78 bits per heavy atom. The van der Waals surface area contributed by atoms with E-state index in [0.29, 0.717) is 63.9 Å². The molecule has 12 nitrogen and oxygen atoms in total. The third kappa shape index (κ3) is 6.94. The molecular formula is C40H38F2N10O2. The first-order valence-electron chi connectivity index (χ1n) is 17.0. The van der Waals surface area contributed by atoms with Gasteiger partial charge in [0, 0.05) is 0 Å². The summed E-state index contributed by atoms with van der Waals surface area (Å²) < 4.78 is 31.5. The van der Waals surface area contributed by atoms with Crippen molar-refractivity contribution in [3.05, 3.63) is 154 Å². The second kappa shape index (κ2) is 15.9. The molecule has 4 heterocycles. The normalized spacial score (nSPS) is 12.2. The number of nitrogens with two attached hydrogens (primary N) is 1. The van der Waals surface area contributed by atoms with E-state index in [4.69, 9.17) is 10.7 Å². The zero-order chi connectivity index (χ0) is 37.1. The molecule has 0 saturated heterocycles. The van der Waals surface area contributed by atoms with E-state index in [1.807, 2.05) is 50.2 Å². The molecule has 0 aliphatic heterocycles. The summed E-state index contributed by atoms with van der Waals surface area (Å²) >= 11 is 0. The van der Waals surface area contributed by atoms with Crippen LogP contribution in [-0.2, 0) is 0 Å². The van der Waals surface area contributed by atoms with Crippen LogP contribution in [0.4, 0.5) is 14.6 Å². The lowest BCUT2D eigenvalue weighted by atomic mass is 10.1. The van der Waals surface area contributed by atoms with Crippen molar-refractivity contribution in [1.29, 1.82) is 0 Å². The number of nitrogens with zero attached hydrogens (tertiary/aromatic N) is 7. The van der Waals surface area contributed by atoms with Gasteiger partial charge < -0.3 is 16.0 Å². The molecule has 2 atom stereocenters. The maximum atomic E-state index is 14.5. The first kappa shape index (κ1) is 37.1. The number of aromatic amines is 1. The molecule has 4 aromatic heterocycles. The van der Waals surface area contributed by atoms with Gasteiger partial charge in [0.15, 0.2) is 11.5 Å². The van der Waals surface area contributed by atoms with Gasteiger partial charge in [-0.1, -0.05) is 69.8 Å². The van der Waals surface area contributed by atoms with Crippen LogP contribution < -0.4 is 22.2 Å². The van der Waals surface area contributed by atoms with Gasteiger partial charge >= 0.3 is 0 Å². The Kier molecular flexibility index (Phi) is 10.9. The Hall–Kier alpha value is -6.67. The highest BCUT2D eigenvalue weighted by atomic mass is 19.1. The molecule has 0 radical (unpaired) electrons. The van der Waals surface area contributed by atoms with E-state index >= 15 is 0 Å². The standard InChI is InChI=1S/C22H18FN7O.C17H16FN3O.CH4/c1-2-15(28-20-18-19(25-11-24-18)26-12-27-20)21-29-16-10-6-9-14(23)17(16)22(31)30(21)13-7-4-3-5-8-13;1-2-13(19)16-20-14-10-6-9-12(18)15(14)17(22)21(16)11-7-4-3-5-8-11;/h3-12,15H,2H2,1H3,(H2,24,25,26,27,28);3-10,13H,2,19H2,1H3;1H4/t15-;13-;/m00./s1. The largest absolute Gasteiger partial charge is 0.358 e. The van der Waals surface area contributed by atoms with E-state index < -0.39 is 28.8 Å². The molecule has 0 bridgehead atoms. The molecule has 4 N–H and O–H groups in total. The Morgan fingerprint density at radius 2 is 1.24 bits per heavy atom. The molecule has 0 amide bonds. The number of hydrogen-bond acceptors (Lipinski definition) is 9. The fraction of sp³-hybridized carbons (Fsp3) is 0.175. The minimum atomic E-state index is -0.595. The van der Waals surface area contributed by atoms with E-state index in [2.05, 4.69) is 30.2 Å². The summed E-state index contributed by atoms with van der Waals surface area (Å²) in [5.74, 6) is 0.279. The third-order valence-corrected chi connectivity index (χ3v) is 8.80. The van der Waals surface area contributed by atoms with Crippen molar-refractivity contribution in [2.24, 2.45) is 5.73 Å². The number of anilines is 1. The van der Waals surface area contributed by atoms with Gasteiger partial charge in [0.05, 0.1) is 40.8 Å². The quantitative estimate of drug-likeness (QED) is 0.146. The molecular weight excluding hydrogens is 691 g/mol. The Balaban J connectivity index is 0.000000191. The number of imidazole rings is 1. The fourth-order valence-electron chi connectivity index (χ4n) is 6.12. The average Bonchev–Trinajstić information content (AvgIpc) is 3.67. The number of nitrogens with one attached hydrogen (secondary N) is 2. The number of rotatable bonds is 8. The van der Waals surface area contributed by atoms with Crippen molar-refractivity contribution in [1.82, 2.24) is 39.0 Å². The van der Waals surface area contributed by atoms with Crippen LogP contribution in [-0.4, -0.2) is 39.0 Å². The van der Waals surface area contributed by atoms with Crippen LogP contribution >= 0.6 is 0 Å². The maximum absolute atomic E-state index is 14.5. The molecule has 0 saturated carbocycles. The number of benzene rings is 4.